The van der Waals surface area contributed by atoms with E-state index < -0.39 is 0 Å². The first-order valence-corrected chi connectivity index (χ1v) is 6.54. The summed E-state index contributed by atoms with van der Waals surface area (Å²) in [5.74, 6) is 0. The fourth-order valence-electron chi connectivity index (χ4n) is 1.73. The van der Waals surface area contributed by atoms with Gasteiger partial charge in [0.1, 0.15) is 0 Å². The Labute approximate surface area is 111 Å². The molecule has 0 aliphatic heterocycles. The second kappa shape index (κ2) is 4.51. The van der Waals surface area contributed by atoms with E-state index in [-0.39, 0.29) is 5.56 Å². The van der Waals surface area contributed by atoms with Crippen LogP contribution >= 0.6 is 22.9 Å². The number of hydrogen-bond donors (Lipinski definition) is 0. The molecule has 3 rings (SSSR count). The lowest BCUT2D eigenvalue weighted by Crippen LogP contribution is -2.20. The molecule has 3 aromatic heterocycles. The third-order valence-corrected chi connectivity index (χ3v) is 3.70. The molecule has 0 unspecified atom stereocenters. The minimum absolute atomic E-state index is 0.00880. The van der Waals surface area contributed by atoms with Gasteiger partial charge in [0.25, 0.3) is 5.56 Å². The van der Waals surface area contributed by atoms with Crippen molar-refractivity contribution in [3.05, 3.63) is 57.0 Å². The zero-order valence-electron chi connectivity index (χ0n) is 9.21. The normalized spacial score (nSPS) is 10.9. The van der Waals surface area contributed by atoms with Gasteiger partial charge in [-0.25, -0.2) is 0 Å². The molecule has 0 saturated carbocycles. The maximum atomic E-state index is 12.2. The van der Waals surface area contributed by atoms with Gasteiger partial charge in [-0.1, -0.05) is 11.6 Å². The molecule has 0 bridgehead atoms. The molecule has 0 amide bonds. The van der Waals surface area contributed by atoms with E-state index in [9.17, 15) is 4.79 Å². The van der Waals surface area contributed by atoms with Crippen LogP contribution in [0, 0.1) is 0 Å². The van der Waals surface area contributed by atoms with E-state index in [0.29, 0.717) is 17.4 Å². The minimum atomic E-state index is -0.00880. The van der Waals surface area contributed by atoms with Crippen molar-refractivity contribution in [1.29, 1.82) is 0 Å². The fourth-order valence-corrected chi connectivity index (χ4v) is 2.61. The molecule has 0 spiro atoms. The zero-order valence-corrected chi connectivity index (χ0v) is 10.8. The van der Waals surface area contributed by atoms with Crippen molar-refractivity contribution in [2.75, 3.05) is 0 Å². The minimum Gasteiger partial charge on any atom is -0.309 e. The predicted molar refractivity (Wildman–Crippen MR) is 72.2 cm³/mol. The van der Waals surface area contributed by atoms with Crippen molar-refractivity contribution >= 4 is 33.0 Å². The predicted octanol–water partition coefficient (Wildman–Crippen LogP) is 2.55. The van der Waals surface area contributed by atoms with E-state index >= 15 is 0 Å². The average molecular weight is 278 g/mol. The summed E-state index contributed by atoms with van der Waals surface area (Å²) in [7, 11) is 0. The molecule has 3 aromatic rings. The Morgan fingerprint density at radius 3 is 2.89 bits per heavy atom. The number of fused-ring (bicyclic) bond motifs is 1. The molecule has 0 aliphatic rings. The standard InChI is InChI=1S/C12H8ClN3OS/c13-11-2-1-8(14-15-11)7-16-5-3-10-9(12(16)17)4-6-18-10/h1-6H,7H2. The number of rotatable bonds is 2. The van der Waals surface area contributed by atoms with Gasteiger partial charge in [-0.05, 0) is 29.6 Å². The molecule has 0 atom stereocenters. The van der Waals surface area contributed by atoms with Gasteiger partial charge in [0.2, 0.25) is 0 Å². The number of halogens is 1. The molecule has 0 saturated heterocycles. The zero-order chi connectivity index (χ0) is 12.5. The number of hydrogen-bond acceptors (Lipinski definition) is 4. The molecule has 0 aromatic carbocycles. The van der Waals surface area contributed by atoms with Crippen LogP contribution in [0.15, 0.2) is 40.6 Å². The van der Waals surface area contributed by atoms with E-state index in [1.165, 1.54) is 0 Å². The number of nitrogens with zero attached hydrogens (tertiary/aromatic N) is 3. The van der Waals surface area contributed by atoms with Gasteiger partial charge < -0.3 is 4.57 Å². The lowest BCUT2D eigenvalue weighted by molar-refractivity contribution is 0.730. The summed E-state index contributed by atoms with van der Waals surface area (Å²) in [6.07, 6.45) is 1.78. The summed E-state index contributed by atoms with van der Waals surface area (Å²) < 4.78 is 2.62. The smallest absolute Gasteiger partial charge is 0.259 e. The van der Waals surface area contributed by atoms with Crippen LogP contribution in [-0.4, -0.2) is 14.8 Å². The molecular weight excluding hydrogens is 270 g/mol. The van der Waals surface area contributed by atoms with Gasteiger partial charge in [0, 0.05) is 10.9 Å². The monoisotopic (exact) mass is 277 g/mol. The van der Waals surface area contributed by atoms with Crippen LogP contribution in [0.5, 0.6) is 0 Å². The van der Waals surface area contributed by atoms with E-state index in [1.807, 2.05) is 17.5 Å². The summed E-state index contributed by atoms with van der Waals surface area (Å²) in [4.78, 5) is 12.2. The van der Waals surface area contributed by atoms with Crippen molar-refractivity contribution in [2.45, 2.75) is 6.54 Å². The SMILES string of the molecule is O=c1c2ccsc2ccn1Cc1ccc(Cl)nn1. The Morgan fingerprint density at radius 1 is 1.22 bits per heavy atom. The highest BCUT2D eigenvalue weighted by molar-refractivity contribution is 7.17. The summed E-state index contributed by atoms with van der Waals surface area (Å²) in [6, 6.07) is 7.20. The van der Waals surface area contributed by atoms with Crippen LogP contribution in [0.2, 0.25) is 5.15 Å². The van der Waals surface area contributed by atoms with Crippen LogP contribution < -0.4 is 5.56 Å². The summed E-state index contributed by atoms with van der Waals surface area (Å²) >= 11 is 7.23. The van der Waals surface area contributed by atoms with E-state index in [4.69, 9.17) is 11.6 Å². The van der Waals surface area contributed by atoms with Crippen molar-refractivity contribution in [1.82, 2.24) is 14.8 Å². The van der Waals surface area contributed by atoms with Crippen LogP contribution in [0.3, 0.4) is 0 Å². The Kier molecular flexibility index (Phi) is 2.85. The lowest BCUT2D eigenvalue weighted by atomic mass is 10.3. The van der Waals surface area contributed by atoms with Crippen LogP contribution in [0.25, 0.3) is 10.1 Å². The third-order valence-electron chi connectivity index (χ3n) is 2.61. The molecule has 0 N–H and O–H groups in total. The number of thiophene rings is 1. The molecule has 90 valence electrons. The van der Waals surface area contributed by atoms with Gasteiger partial charge in [0.05, 0.1) is 17.6 Å². The fraction of sp³-hybridized carbons (Fsp3) is 0.0833. The van der Waals surface area contributed by atoms with E-state index in [2.05, 4.69) is 10.2 Å². The molecule has 0 fully saturated rings. The van der Waals surface area contributed by atoms with Crippen molar-refractivity contribution < 1.29 is 0 Å². The first-order valence-electron chi connectivity index (χ1n) is 5.29. The molecule has 0 radical (unpaired) electrons. The second-order valence-corrected chi connectivity index (χ2v) is 5.13. The largest absolute Gasteiger partial charge is 0.309 e. The van der Waals surface area contributed by atoms with Crippen molar-refractivity contribution in [2.24, 2.45) is 0 Å². The topological polar surface area (TPSA) is 47.8 Å². The van der Waals surface area contributed by atoms with Gasteiger partial charge in [-0.15, -0.1) is 16.4 Å². The first-order chi connectivity index (χ1) is 8.74. The van der Waals surface area contributed by atoms with Crippen LogP contribution in [0.1, 0.15) is 5.69 Å². The van der Waals surface area contributed by atoms with Gasteiger partial charge >= 0.3 is 0 Å². The van der Waals surface area contributed by atoms with E-state index in [1.54, 1.807) is 34.2 Å². The number of aromatic nitrogens is 3. The van der Waals surface area contributed by atoms with Crippen molar-refractivity contribution in [3.63, 3.8) is 0 Å². The molecule has 6 heteroatoms. The Balaban J connectivity index is 2.02. The van der Waals surface area contributed by atoms with Gasteiger partial charge in [-0.3, -0.25) is 4.79 Å². The molecule has 0 aliphatic carbocycles. The quantitative estimate of drug-likeness (QED) is 0.723. The number of pyridine rings is 1. The highest BCUT2D eigenvalue weighted by atomic mass is 35.5. The van der Waals surface area contributed by atoms with Gasteiger partial charge in [-0.2, -0.15) is 5.10 Å². The van der Waals surface area contributed by atoms with Gasteiger partial charge in [0.15, 0.2) is 5.15 Å². The maximum absolute atomic E-state index is 12.2. The Morgan fingerprint density at radius 2 is 2.11 bits per heavy atom. The summed E-state index contributed by atoms with van der Waals surface area (Å²) in [5.41, 5.74) is 0.696. The third kappa shape index (κ3) is 2.02. The lowest BCUT2D eigenvalue weighted by Gasteiger charge is -2.04. The molecule has 3 heterocycles. The molecule has 4 nitrogen and oxygen atoms in total. The molecular formula is C12H8ClN3OS. The maximum Gasteiger partial charge on any atom is 0.259 e. The van der Waals surface area contributed by atoms with Crippen LogP contribution in [-0.2, 0) is 6.54 Å². The van der Waals surface area contributed by atoms with E-state index in [0.717, 1.165) is 10.1 Å². The first kappa shape index (κ1) is 11.4. The Bertz CT molecular complexity index is 748. The highest BCUT2D eigenvalue weighted by Gasteiger charge is 2.05. The second-order valence-electron chi connectivity index (χ2n) is 3.79. The highest BCUT2D eigenvalue weighted by Crippen LogP contribution is 2.16. The molecule has 18 heavy (non-hydrogen) atoms. The Hall–Kier alpha value is -1.72. The average Bonchev–Trinajstić information content (AvgIpc) is 2.84. The summed E-state index contributed by atoms with van der Waals surface area (Å²) in [5, 5.41) is 10.7. The van der Waals surface area contributed by atoms with Crippen LogP contribution in [0.4, 0.5) is 0 Å². The van der Waals surface area contributed by atoms with Crippen molar-refractivity contribution in [3.8, 4) is 0 Å². The summed E-state index contributed by atoms with van der Waals surface area (Å²) in [6.45, 7) is 0.398.